The van der Waals surface area contributed by atoms with Gasteiger partial charge in [-0.1, -0.05) is 17.7 Å². The number of carbonyl (C=O) groups excluding carboxylic acids is 1. The van der Waals surface area contributed by atoms with E-state index in [1.54, 1.807) is 12.1 Å². The number of thiazole rings is 1. The van der Waals surface area contributed by atoms with Crippen LogP contribution in [-0.2, 0) is 11.3 Å². The molecule has 0 radical (unpaired) electrons. The molecule has 4 aliphatic carbocycles. The molecule has 4 saturated carbocycles. The first-order chi connectivity index (χ1) is 13.8. The summed E-state index contributed by atoms with van der Waals surface area (Å²) in [7, 11) is 0. The summed E-state index contributed by atoms with van der Waals surface area (Å²) in [5.74, 6) is 1.84. The van der Waals surface area contributed by atoms with Gasteiger partial charge in [0, 0.05) is 21.2 Å². The highest BCUT2D eigenvalue weighted by Crippen LogP contribution is 2.60. The molecule has 1 aromatic carbocycles. The Morgan fingerprint density at radius 2 is 1.83 bits per heavy atom. The molecule has 1 heterocycles. The summed E-state index contributed by atoms with van der Waals surface area (Å²) in [6.45, 7) is 4.30. The molecule has 4 fully saturated rings. The first-order valence-corrected chi connectivity index (χ1v) is 11.7. The minimum atomic E-state index is -0.327. The first kappa shape index (κ1) is 19.5. The number of halogens is 2. The van der Waals surface area contributed by atoms with Gasteiger partial charge < -0.3 is 4.57 Å². The van der Waals surface area contributed by atoms with Crippen LogP contribution in [0.1, 0.15) is 54.7 Å². The van der Waals surface area contributed by atoms with Crippen molar-refractivity contribution in [3.63, 3.8) is 0 Å². The van der Waals surface area contributed by atoms with E-state index in [1.165, 1.54) is 36.7 Å². The fourth-order valence-corrected chi connectivity index (χ4v) is 7.48. The molecule has 29 heavy (non-hydrogen) atoms. The zero-order chi connectivity index (χ0) is 20.3. The van der Waals surface area contributed by atoms with Crippen LogP contribution in [0.15, 0.2) is 23.2 Å². The second-order valence-electron chi connectivity index (χ2n) is 9.43. The molecule has 3 nitrogen and oxygen atoms in total. The Bertz CT molecular complexity index is 998. The number of aryl methyl sites for hydroxylation is 1. The monoisotopic (exact) mass is 432 g/mol. The van der Waals surface area contributed by atoms with Gasteiger partial charge in [-0.15, -0.1) is 11.3 Å². The van der Waals surface area contributed by atoms with Crippen molar-refractivity contribution in [1.82, 2.24) is 4.57 Å². The third kappa shape index (κ3) is 3.31. The topological polar surface area (TPSA) is 34.4 Å². The summed E-state index contributed by atoms with van der Waals surface area (Å²) in [5, 5.41) is 0.402. The SMILES string of the molecule is Cc1sc(=NC(=O)C23CC4CC(CC(C4)C2)C3)n(Cc2c(F)cccc2Cl)c1C. The van der Waals surface area contributed by atoms with Gasteiger partial charge in [-0.05, 0) is 82.3 Å². The lowest BCUT2D eigenvalue weighted by Crippen LogP contribution is -2.50. The van der Waals surface area contributed by atoms with Crippen LogP contribution in [0.25, 0.3) is 0 Å². The van der Waals surface area contributed by atoms with Crippen molar-refractivity contribution >= 4 is 28.8 Å². The predicted molar refractivity (Wildman–Crippen MR) is 113 cm³/mol. The molecule has 6 heteroatoms. The number of carbonyl (C=O) groups is 1. The summed E-state index contributed by atoms with van der Waals surface area (Å²) in [6.07, 6.45) is 6.91. The molecule has 4 bridgehead atoms. The molecular formula is C23H26ClFN2OS. The number of amides is 1. The molecule has 1 aromatic heterocycles. The second kappa shape index (κ2) is 7.05. The Labute approximate surface area is 179 Å². The van der Waals surface area contributed by atoms with E-state index in [0.717, 1.165) is 29.8 Å². The zero-order valence-electron chi connectivity index (χ0n) is 16.9. The van der Waals surface area contributed by atoms with Crippen LogP contribution < -0.4 is 4.80 Å². The highest BCUT2D eigenvalue weighted by Gasteiger charge is 2.54. The Kier molecular flexibility index (Phi) is 4.74. The second-order valence-corrected chi connectivity index (χ2v) is 11.0. The summed E-state index contributed by atoms with van der Waals surface area (Å²) < 4.78 is 16.3. The van der Waals surface area contributed by atoms with E-state index in [1.807, 2.05) is 18.4 Å². The molecule has 2 aromatic rings. The zero-order valence-corrected chi connectivity index (χ0v) is 18.5. The number of hydrogen-bond donors (Lipinski definition) is 0. The lowest BCUT2D eigenvalue weighted by Gasteiger charge is -2.55. The minimum Gasteiger partial charge on any atom is -0.316 e. The maximum Gasteiger partial charge on any atom is 0.254 e. The van der Waals surface area contributed by atoms with E-state index in [9.17, 15) is 9.18 Å². The van der Waals surface area contributed by atoms with Gasteiger partial charge in [-0.2, -0.15) is 4.99 Å². The van der Waals surface area contributed by atoms with Crippen LogP contribution in [0.3, 0.4) is 0 Å². The lowest BCUT2D eigenvalue weighted by molar-refractivity contribution is -0.142. The van der Waals surface area contributed by atoms with Crippen molar-refractivity contribution in [3.05, 3.63) is 50.0 Å². The van der Waals surface area contributed by atoms with Gasteiger partial charge in [0.05, 0.1) is 12.0 Å². The summed E-state index contributed by atoms with van der Waals surface area (Å²) in [4.78, 5) is 19.9. The van der Waals surface area contributed by atoms with Crippen molar-refractivity contribution in [2.24, 2.45) is 28.2 Å². The highest BCUT2D eigenvalue weighted by molar-refractivity contribution is 7.09. The van der Waals surface area contributed by atoms with Crippen LogP contribution in [0.2, 0.25) is 5.02 Å². The van der Waals surface area contributed by atoms with Gasteiger partial charge in [-0.25, -0.2) is 4.39 Å². The van der Waals surface area contributed by atoms with E-state index in [2.05, 4.69) is 4.99 Å². The van der Waals surface area contributed by atoms with E-state index in [-0.39, 0.29) is 23.7 Å². The molecule has 6 rings (SSSR count). The Balaban J connectivity index is 1.52. The van der Waals surface area contributed by atoms with Crippen molar-refractivity contribution in [2.75, 3.05) is 0 Å². The molecule has 0 unspecified atom stereocenters. The van der Waals surface area contributed by atoms with Gasteiger partial charge in [-0.3, -0.25) is 4.79 Å². The summed E-state index contributed by atoms with van der Waals surface area (Å²) >= 11 is 7.77. The molecule has 154 valence electrons. The predicted octanol–water partition coefficient (Wildman–Crippen LogP) is 5.65. The van der Waals surface area contributed by atoms with E-state index >= 15 is 0 Å². The van der Waals surface area contributed by atoms with Crippen LogP contribution in [0, 0.1) is 42.8 Å². The number of benzene rings is 1. The quantitative estimate of drug-likeness (QED) is 0.617. The Hall–Kier alpha value is -1.46. The molecule has 0 aliphatic heterocycles. The fourth-order valence-electron chi connectivity index (χ4n) is 6.29. The standard InChI is InChI=1S/C23H26ClFN2OS/c1-13-14(2)29-22(27(13)12-18-19(24)4-3-5-20(18)25)26-21(28)23-9-15-6-16(10-23)8-17(7-15)11-23/h3-5,15-17H,6-12H2,1-2H3. The smallest absolute Gasteiger partial charge is 0.254 e. The van der Waals surface area contributed by atoms with E-state index < -0.39 is 0 Å². The van der Waals surface area contributed by atoms with Crippen LogP contribution in [0.4, 0.5) is 4.39 Å². The average molecular weight is 433 g/mol. The van der Waals surface area contributed by atoms with Crippen molar-refractivity contribution < 1.29 is 9.18 Å². The lowest BCUT2D eigenvalue weighted by atomic mass is 9.49. The fraction of sp³-hybridized carbons (Fsp3) is 0.565. The average Bonchev–Trinajstić information content (AvgIpc) is 2.91. The van der Waals surface area contributed by atoms with Crippen molar-refractivity contribution in [3.8, 4) is 0 Å². The Morgan fingerprint density at radius 3 is 2.41 bits per heavy atom. The summed E-state index contributed by atoms with van der Waals surface area (Å²) in [6, 6.07) is 4.74. The maximum atomic E-state index is 14.4. The van der Waals surface area contributed by atoms with Crippen molar-refractivity contribution in [1.29, 1.82) is 0 Å². The van der Waals surface area contributed by atoms with Crippen molar-refractivity contribution in [2.45, 2.75) is 58.9 Å². The van der Waals surface area contributed by atoms with Crippen LogP contribution in [-0.4, -0.2) is 10.5 Å². The third-order valence-electron chi connectivity index (χ3n) is 7.46. The molecule has 4 aliphatic rings. The van der Waals surface area contributed by atoms with Gasteiger partial charge in [0.15, 0.2) is 4.80 Å². The summed E-state index contributed by atoms with van der Waals surface area (Å²) in [5.41, 5.74) is 1.19. The first-order valence-electron chi connectivity index (χ1n) is 10.5. The normalized spacial score (nSPS) is 30.9. The van der Waals surface area contributed by atoms with Gasteiger partial charge in [0.25, 0.3) is 5.91 Å². The molecule has 0 saturated heterocycles. The van der Waals surface area contributed by atoms with E-state index in [0.29, 0.717) is 33.1 Å². The molecule has 1 amide bonds. The number of aromatic nitrogens is 1. The number of rotatable bonds is 3. The van der Waals surface area contributed by atoms with Crippen LogP contribution in [0.5, 0.6) is 0 Å². The maximum absolute atomic E-state index is 14.4. The molecule has 0 atom stereocenters. The van der Waals surface area contributed by atoms with E-state index in [4.69, 9.17) is 11.6 Å². The third-order valence-corrected chi connectivity index (χ3v) is 8.91. The van der Waals surface area contributed by atoms with Crippen LogP contribution >= 0.6 is 22.9 Å². The molecular weight excluding hydrogens is 407 g/mol. The largest absolute Gasteiger partial charge is 0.316 e. The van der Waals surface area contributed by atoms with Gasteiger partial charge in [0.1, 0.15) is 5.82 Å². The highest BCUT2D eigenvalue weighted by atomic mass is 35.5. The minimum absolute atomic E-state index is 0.0474. The van der Waals surface area contributed by atoms with Gasteiger partial charge >= 0.3 is 0 Å². The number of hydrogen-bond acceptors (Lipinski definition) is 2. The number of nitrogens with zero attached hydrogens (tertiary/aromatic N) is 2. The molecule has 0 spiro atoms. The Morgan fingerprint density at radius 1 is 1.21 bits per heavy atom. The van der Waals surface area contributed by atoms with Gasteiger partial charge in [0.2, 0.25) is 0 Å². The molecule has 0 N–H and O–H groups in total.